The Morgan fingerprint density at radius 2 is 1.82 bits per heavy atom. The maximum absolute atomic E-state index is 15.7. The molecule has 2 aromatic carbocycles. The number of esters is 2. The van der Waals surface area contributed by atoms with E-state index in [4.69, 9.17) is 14.2 Å². The predicted octanol–water partition coefficient (Wildman–Crippen LogP) is 4.82. The summed E-state index contributed by atoms with van der Waals surface area (Å²) in [5, 5.41) is 5.84. The lowest BCUT2D eigenvalue weighted by Crippen LogP contribution is -2.53. The molecule has 9 heteroatoms. The first-order chi connectivity index (χ1) is 15.8. The average molecular weight is 455 g/mol. The van der Waals surface area contributed by atoms with Crippen molar-refractivity contribution in [2.45, 2.75) is 50.6 Å². The Balaban J connectivity index is 1.67. The van der Waals surface area contributed by atoms with Gasteiger partial charge in [-0.05, 0) is 55.1 Å². The van der Waals surface area contributed by atoms with Gasteiger partial charge in [-0.15, -0.1) is 0 Å². The Labute approximate surface area is 190 Å². The minimum Gasteiger partial charge on any atom is -0.465 e. The van der Waals surface area contributed by atoms with Crippen molar-refractivity contribution >= 4 is 22.7 Å². The van der Waals surface area contributed by atoms with E-state index in [2.05, 4.69) is 10.0 Å². The number of nitrogens with zero attached hydrogens (tertiary/aromatic N) is 3. The van der Waals surface area contributed by atoms with Crippen molar-refractivity contribution in [2.24, 2.45) is 17.0 Å². The Kier molecular flexibility index (Phi) is 6.03. The highest BCUT2D eigenvalue weighted by Gasteiger charge is 2.86. The molecule has 0 heterocycles. The predicted molar refractivity (Wildman–Crippen MR) is 118 cm³/mol. The van der Waals surface area contributed by atoms with Gasteiger partial charge in [-0.3, -0.25) is 4.79 Å². The molecular formula is C24H26FN3O5. The topological polar surface area (TPSA) is 111 Å². The number of hydrogen-bond donors (Lipinski definition) is 0. The molecule has 2 fully saturated rings. The molecule has 33 heavy (non-hydrogen) atoms. The van der Waals surface area contributed by atoms with Gasteiger partial charge in [0.25, 0.3) is 0 Å². The van der Waals surface area contributed by atoms with Gasteiger partial charge in [0.05, 0.1) is 25.4 Å². The van der Waals surface area contributed by atoms with Gasteiger partial charge in [0.2, 0.25) is 5.67 Å². The maximum atomic E-state index is 15.7. The summed E-state index contributed by atoms with van der Waals surface area (Å²) in [7, 11) is 0. The monoisotopic (exact) mass is 455 g/mol. The number of rotatable bonds is 8. The van der Waals surface area contributed by atoms with Crippen LogP contribution in [-0.2, 0) is 23.8 Å². The zero-order chi connectivity index (χ0) is 23.8. The smallest absolute Gasteiger partial charge is 0.344 e. The fraction of sp³-hybridized carbons (Fsp3) is 0.500. The van der Waals surface area contributed by atoms with Crippen LogP contribution < -0.4 is 0 Å². The van der Waals surface area contributed by atoms with Crippen LogP contribution in [0.25, 0.3) is 21.2 Å². The van der Waals surface area contributed by atoms with Crippen molar-refractivity contribution in [1.82, 2.24) is 0 Å². The van der Waals surface area contributed by atoms with E-state index in [0.717, 1.165) is 16.3 Å². The van der Waals surface area contributed by atoms with Crippen LogP contribution in [0.15, 0.2) is 47.6 Å². The van der Waals surface area contributed by atoms with Crippen molar-refractivity contribution in [3.8, 4) is 0 Å². The van der Waals surface area contributed by atoms with Gasteiger partial charge >= 0.3 is 11.9 Å². The molecule has 0 aromatic heterocycles. The molecule has 0 saturated heterocycles. The fourth-order valence-electron chi connectivity index (χ4n) is 5.18. The zero-order valence-electron chi connectivity index (χ0n) is 18.7. The van der Waals surface area contributed by atoms with Crippen molar-refractivity contribution in [1.29, 1.82) is 0 Å². The molecule has 0 spiro atoms. The number of fused-ring (bicyclic) bond motifs is 2. The van der Waals surface area contributed by atoms with Crippen LogP contribution in [0.5, 0.6) is 0 Å². The first kappa shape index (κ1) is 23.0. The number of alkyl halides is 1. The molecule has 8 nitrogen and oxygen atoms in total. The number of azide groups is 1. The third-order valence-electron chi connectivity index (χ3n) is 6.73. The second kappa shape index (κ2) is 8.65. The van der Waals surface area contributed by atoms with Crippen molar-refractivity contribution < 1.29 is 28.2 Å². The van der Waals surface area contributed by atoms with Crippen molar-refractivity contribution in [3.63, 3.8) is 0 Å². The lowest BCUT2D eigenvalue weighted by molar-refractivity contribution is -0.164. The molecule has 2 saturated carbocycles. The summed E-state index contributed by atoms with van der Waals surface area (Å²) in [6, 6.07) is 13.7. The van der Waals surface area contributed by atoms with E-state index in [9.17, 15) is 15.1 Å². The Morgan fingerprint density at radius 3 is 2.48 bits per heavy atom. The van der Waals surface area contributed by atoms with E-state index in [1.807, 2.05) is 49.4 Å². The molecule has 0 radical (unpaired) electrons. The molecule has 0 aliphatic heterocycles. The van der Waals surface area contributed by atoms with Crippen LogP contribution in [0.4, 0.5) is 4.39 Å². The van der Waals surface area contributed by atoms with Crippen LogP contribution >= 0.6 is 0 Å². The van der Waals surface area contributed by atoms with Gasteiger partial charge < -0.3 is 14.2 Å². The molecule has 2 aliphatic carbocycles. The highest BCUT2D eigenvalue weighted by molar-refractivity contribution is 5.92. The van der Waals surface area contributed by atoms with E-state index < -0.39 is 47.2 Å². The largest absolute Gasteiger partial charge is 0.465 e. The molecule has 6 atom stereocenters. The summed E-state index contributed by atoms with van der Waals surface area (Å²) >= 11 is 0. The Hall–Kier alpha value is -3.16. The summed E-state index contributed by atoms with van der Waals surface area (Å²) in [6.07, 6.45) is -1.42. The van der Waals surface area contributed by atoms with Crippen LogP contribution in [0.3, 0.4) is 0 Å². The molecule has 0 amide bonds. The van der Waals surface area contributed by atoms with E-state index in [1.165, 1.54) is 0 Å². The third kappa shape index (κ3) is 3.52. The summed E-state index contributed by atoms with van der Waals surface area (Å²) in [5.74, 6) is -4.01. The lowest BCUT2D eigenvalue weighted by Gasteiger charge is -2.34. The Bertz CT molecular complexity index is 1140. The van der Waals surface area contributed by atoms with E-state index in [-0.39, 0.29) is 19.6 Å². The number of carbonyl (C=O) groups excluding carboxylic acids is 2. The molecule has 0 N–H and O–H groups in total. The van der Waals surface area contributed by atoms with Crippen LogP contribution in [-0.4, -0.2) is 42.5 Å². The second-order valence-corrected chi connectivity index (χ2v) is 8.42. The molecule has 0 bridgehead atoms. The van der Waals surface area contributed by atoms with E-state index >= 15 is 4.39 Å². The summed E-state index contributed by atoms with van der Waals surface area (Å²) in [6.45, 7) is 4.99. The lowest BCUT2D eigenvalue weighted by atomic mass is 9.87. The van der Waals surface area contributed by atoms with E-state index in [1.54, 1.807) is 13.8 Å². The van der Waals surface area contributed by atoms with Gasteiger partial charge in [-0.2, -0.15) is 0 Å². The number of carbonyl (C=O) groups is 2. The minimum absolute atomic E-state index is 0.00318. The number of benzene rings is 2. The highest BCUT2D eigenvalue weighted by atomic mass is 19.1. The minimum atomic E-state index is -2.41. The van der Waals surface area contributed by atoms with E-state index in [0.29, 0.717) is 0 Å². The van der Waals surface area contributed by atoms with Crippen molar-refractivity contribution in [3.05, 3.63) is 58.5 Å². The highest BCUT2D eigenvalue weighted by Crippen LogP contribution is 2.70. The van der Waals surface area contributed by atoms with Crippen LogP contribution in [0.1, 0.15) is 38.9 Å². The molecule has 174 valence electrons. The quantitative estimate of drug-likeness (QED) is 0.245. The summed E-state index contributed by atoms with van der Waals surface area (Å²) in [4.78, 5) is 28.3. The SMILES string of the molecule is CCOC(=O)[C@@]1(F)[C@@H]2C[C@@H](O[C@@H](C)c3ccc4ccccc4c3)[C@@](N=[N+]=[N-])(C(=O)OCC)[C@@H]21. The van der Waals surface area contributed by atoms with Gasteiger partial charge in [-0.1, -0.05) is 41.5 Å². The van der Waals surface area contributed by atoms with Crippen LogP contribution in [0.2, 0.25) is 0 Å². The average Bonchev–Trinajstić information content (AvgIpc) is 3.26. The first-order valence-corrected chi connectivity index (χ1v) is 11.1. The molecular weight excluding hydrogens is 429 g/mol. The standard InChI is InChI=1S/C24H26FN3O5/c1-4-31-21(29)23(25)18-13-19(24(20(18)23,27-28-26)22(30)32-5-2)33-14(3)16-11-10-15-8-6-7-9-17(15)12-16/h6-12,14,18-20H,4-5,13H2,1-3H3/t14-,18+,19+,20-,23+,24-/m0/s1. The number of hydrogen-bond acceptors (Lipinski definition) is 6. The number of ether oxygens (including phenoxy) is 3. The Morgan fingerprint density at radius 1 is 1.15 bits per heavy atom. The molecule has 2 aliphatic rings. The van der Waals surface area contributed by atoms with Crippen molar-refractivity contribution in [2.75, 3.05) is 13.2 Å². The van der Waals surface area contributed by atoms with Gasteiger partial charge in [0.15, 0.2) is 5.54 Å². The number of halogens is 1. The second-order valence-electron chi connectivity index (χ2n) is 8.42. The molecule has 0 unspecified atom stereocenters. The summed E-state index contributed by atoms with van der Waals surface area (Å²) in [5.41, 5.74) is 5.74. The molecule has 2 aromatic rings. The zero-order valence-corrected chi connectivity index (χ0v) is 18.7. The maximum Gasteiger partial charge on any atom is 0.344 e. The summed E-state index contributed by atoms with van der Waals surface area (Å²) < 4.78 is 32.0. The first-order valence-electron chi connectivity index (χ1n) is 11.1. The third-order valence-corrected chi connectivity index (χ3v) is 6.73. The normalized spacial score (nSPS) is 30.7. The van der Waals surface area contributed by atoms with Crippen LogP contribution in [0, 0.1) is 11.8 Å². The molecule has 4 rings (SSSR count). The fourth-order valence-corrected chi connectivity index (χ4v) is 5.18. The van der Waals surface area contributed by atoms with Gasteiger partial charge in [-0.25, -0.2) is 9.18 Å². The van der Waals surface area contributed by atoms with Gasteiger partial charge in [0, 0.05) is 16.7 Å². The van der Waals surface area contributed by atoms with Gasteiger partial charge in [0.1, 0.15) is 0 Å².